The molecule has 0 atom stereocenters. The van der Waals surface area contributed by atoms with Crippen molar-refractivity contribution in [3.63, 3.8) is 0 Å². The van der Waals surface area contributed by atoms with Crippen molar-refractivity contribution >= 4 is 16.8 Å². The lowest BCUT2D eigenvalue weighted by Gasteiger charge is -2.06. The number of rotatable bonds is 9. The first-order valence-electron chi connectivity index (χ1n) is 5.89. The molecule has 0 amide bonds. The summed E-state index contributed by atoms with van der Waals surface area (Å²) in [6.45, 7) is 4.83. The molecule has 0 N–H and O–H groups in total. The van der Waals surface area contributed by atoms with Gasteiger partial charge >= 0.3 is 0 Å². The Morgan fingerprint density at radius 2 is 1.83 bits per heavy atom. The summed E-state index contributed by atoms with van der Waals surface area (Å²) in [6.07, 6.45) is 4.47. The molecule has 0 heterocycles. The van der Waals surface area contributed by atoms with E-state index in [1.54, 1.807) is 24.3 Å². The summed E-state index contributed by atoms with van der Waals surface area (Å²) in [5, 5.41) is -0.455. The Balaban J connectivity index is 2.15. The summed E-state index contributed by atoms with van der Waals surface area (Å²) in [5.41, 5.74) is 0.477. The fourth-order valence-corrected chi connectivity index (χ4v) is 1.55. The maximum atomic E-state index is 10.8. The van der Waals surface area contributed by atoms with E-state index in [0.717, 1.165) is 25.0 Å². The number of ether oxygens (including phenoxy) is 2. The largest absolute Gasteiger partial charge is 0.502 e. The van der Waals surface area contributed by atoms with Gasteiger partial charge < -0.3 is 9.47 Å². The first kappa shape index (κ1) is 14.6. The van der Waals surface area contributed by atoms with Gasteiger partial charge in [-0.2, -0.15) is 0 Å². The molecule has 4 heteroatoms. The number of carbonyl (C=O) groups is 1. The van der Waals surface area contributed by atoms with Crippen LogP contribution in [0.1, 0.15) is 29.6 Å². The minimum Gasteiger partial charge on any atom is -0.502 e. The SMILES string of the molecule is C=COCCCCCOc1ccc(C(=O)Cl)cc1. The van der Waals surface area contributed by atoms with Gasteiger partial charge in [0.2, 0.25) is 0 Å². The molecular weight excluding hydrogens is 252 g/mol. The first-order valence-corrected chi connectivity index (χ1v) is 6.27. The van der Waals surface area contributed by atoms with Gasteiger partial charge in [-0.15, -0.1) is 0 Å². The zero-order valence-corrected chi connectivity index (χ0v) is 11.0. The van der Waals surface area contributed by atoms with E-state index < -0.39 is 5.24 Å². The van der Waals surface area contributed by atoms with Crippen LogP contribution in [0, 0.1) is 0 Å². The molecule has 0 radical (unpaired) electrons. The summed E-state index contributed by atoms with van der Waals surface area (Å²) >= 11 is 5.34. The monoisotopic (exact) mass is 268 g/mol. The fourth-order valence-electron chi connectivity index (χ4n) is 1.42. The van der Waals surface area contributed by atoms with E-state index in [4.69, 9.17) is 21.1 Å². The predicted molar refractivity (Wildman–Crippen MR) is 72.1 cm³/mol. The lowest BCUT2D eigenvalue weighted by atomic mass is 10.2. The minimum atomic E-state index is -0.455. The molecule has 0 saturated carbocycles. The summed E-state index contributed by atoms with van der Waals surface area (Å²) in [4.78, 5) is 10.8. The van der Waals surface area contributed by atoms with Crippen LogP contribution < -0.4 is 4.74 Å². The third-order valence-corrected chi connectivity index (χ3v) is 2.59. The van der Waals surface area contributed by atoms with Crippen molar-refractivity contribution in [1.82, 2.24) is 0 Å². The zero-order valence-electron chi connectivity index (χ0n) is 10.2. The van der Waals surface area contributed by atoms with Gasteiger partial charge in [0.25, 0.3) is 5.24 Å². The number of hydrogen-bond donors (Lipinski definition) is 0. The van der Waals surface area contributed by atoms with Gasteiger partial charge in [-0.05, 0) is 55.1 Å². The first-order chi connectivity index (χ1) is 8.74. The molecule has 18 heavy (non-hydrogen) atoms. The van der Waals surface area contributed by atoms with E-state index >= 15 is 0 Å². The van der Waals surface area contributed by atoms with Crippen LogP contribution in [0.3, 0.4) is 0 Å². The number of halogens is 1. The second-order valence-corrected chi connectivity index (χ2v) is 4.09. The lowest BCUT2D eigenvalue weighted by Crippen LogP contribution is -1.98. The standard InChI is InChI=1S/C14H17ClO3/c1-2-17-10-4-3-5-11-18-13-8-6-12(7-9-13)14(15)16/h2,6-9H,1,3-5,10-11H2. The molecular formula is C14H17ClO3. The normalized spacial score (nSPS) is 9.83. The van der Waals surface area contributed by atoms with Gasteiger partial charge in [0.1, 0.15) is 5.75 Å². The van der Waals surface area contributed by atoms with Crippen LogP contribution in [-0.4, -0.2) is 18.5 Å². The lowest BCUT2D eigenvalue weighted by molar-refractivity contribution is 0.108. The third kappa shape index (κ3) is 5.73. The van der Waals surface area contributed by atoms with Gasteiger partial charge in [-0.1, -0.05) is 6.58 Å². The highest BCUT2D eigenvalue weighted by molar-refractivity contribution is 6.67. The van der Waals surface area contributed by atoms with Crippen LogP contribution in [0.25, 0.3) is 0 Å². The highest BCUT2D eigenvalue weighted by Gasteiger charge is 2.01. The molecule has 0 bridgehead atoms. The maximum absolute atomic E-state index is 10.8. The predicted octanol–water partition coefficient (Wildman–Crippen LogP) is 3.77. The molecule has 98 valence electrons. The van der Waals surface area contributed by atoms with Crippen molar-refractivity contribution in [3.8, 4) is 5.75 Å². The maximum Gasteiger partial charge on any atom is 0.252 e. The molecule has 0 spiro atoms. The summed E-state index contributed by atoms with van der Waals surface area (Å²) in [5.74, 6) is 0.749. The molecule has 0 unspecified atom stereocenters. The van der Waals surface area contributed by atoms with Crippen molar-refractivity contribution in [2.45, 2.75) is 19.3 Å². The molecule has 1 aromatic rings. The fraction of sp³-hybridized carbons (Fsp3) is 0.357. The summed E-state index contributed by atoms with van der Waals surface area (Å²) in [6, 6.07) is 6.80. The van der Waals surface area contributed by atoms with Crippen molar-refractivity contribution in [1.29, 1.82) is 0 Å². The minimum absolute atomic E-state index is 0.455. The van der Waals surface area contributed by atoms with Gasteiger partial charge in [-0.3, -0.25) is 4.79 Å². The van der Waals surface area contributed by atoms with Crippen molar-refractivity contribution < 1.29 is 14.3 Å². The van der Waals surface area contributed by atoms with Gasteiger partial charge in [0.05, 0.1) is 19.5 Å². The Morgan fingerprint density at radius 3 is 2.44 bits per heavy atom. The number of benzene rings is 1. The molecule has 0 aromatic heterocycles. The van der Waals surface area contributed by atoms with Crippen LogP contribution in [0.15, 0.2) is 37.1 Å². The molecule has 1 aromatic carbocycles. The highest BCUT2D eigenvalue weighted by Crippen LogP contribution is 2.14. The Morgan fingerprint density at radius 1 is 1.17 bits per heavy atom. The third-order valence-electron chi connectivity index (χ3n) is 2.37. The van der Waals surface area contributed by atoms with Crippen molar-refractivity contribution in [2.75, 3.05) is 13.2 Å². The van der Waals surface area contributed by atoms with Crippen LogP contribution >= 0.6 is 11.6 Å². The van der Waals surface area contributed by atoms with Crippen LogP contribution in [0.2, 0.25) is 0 Å². The van der Waals surface area contributed by atoms with E-state index in [2.05, 4.69) is 6.58 Å². The average Bonchev–Trinajstić information content (AvgIpc) is 2.38. The summed E-state index contributed by atoms with van der Waals surface area (Å²) in [7, 11) is 0. The molecule has 3 nitrogen and oxygen atoms in total. The number of unbranched alkanes of at least 4 members (excludes halogenated alkanes) is 2. The molecule has 1 rings (SSSR count). The average molecular weight is 269 g/mol. The van der Waals surface area contributed by atoms with Gasteiger partial charge in [0.15, 0.2) is 0 Å². The Kier molecular flexibility index (Phi) is 6.96. The van der Waals surface area contributed by atoms with Crippen molar-refractivity contribution in [3.05, 3.63) is 42.7 Å². The van der Waals surface area contributed by atoms with E-state index in [1.165, 1.54) is 6.26 Å². The van der Waals surface area contributed by atoms with E-state index in [1.807, 2.05) is 0 Å². The Bertz CT molecular complexity index is 373. The molecule has 0 aliphatic rings. The number of hydrogen-bond acceptors (Lipinski definition) is 3. The second-order valence-electron chi connectivity index (χ2n) is 3.74. The molecule has 0 aliphatic carbocycles. The molecule has 0 saturated heterocycles. The van der Waals surface area contributed by atoms with E-state index in [0.29, 0.717) is 18.8 Å². The Hall–Kier alpha value is -1.48. The quantitative estimate of drug-likeness (QED) is 0.388. The Labute approximate surface area is 112 Å². The van der Waals surface area contributed by atoms with E-state index in [-0.39, 0.29) is 0 Å². The van der Waals surface area contributed by atoms with Crippen LogP contribution in [0.4, 0.5) is 0 Å². The zero-order chi connectivity index (χ0) is 13.2. The van der Waals surface area contributed by atoms with E-state index in [9.17, 15) is 4.79 Å². The molecule has 0 fully saturated rings. The smallest absolute Gasteiger partial charge is 0.252 e. The van der Waals surface area contributed by atoms with Gasteiger partial charge in [-0.25, -0.2) is 0 Å². The highest BCUT2D eigenvalue weighted by atomic mass is 35.5. The molecule has 0 aliphatic heterocycles. The summed E-state index contributed by atoms with van der Waals surface area (Å²) < 4.78 is 10.5. The topological polar surface area (TPSA) is 35.5 Å². The number of carbonyl (C=O) groups excluding carboxylic acids is 1. The van der Waals surface area contributed by atoms with Crippen LogP contribution in [-0.2, 0) is 4.74 Å². The van der Waals surface area contributed by atoms with Gasteiger partial charge in [0, 0.05) is 5.56 Å². The van der Waals surface area contributed by atoms with Crippen molar-refractivity contribution in [2.24, 2.45) is 0 Å². The second kappa shape index (κ2) is 8.59. The van der Waals surface area contributed by atoms with Crippen LogP contribution in [0.5, 0.6) is 5.75 Å².